The number of hydrogen-bond donors (Lipinski definition) is 3. The average Bonchev–Trinajstić information content (AvgIpc) is 3.19. The molecule has 0 bridgehead atoms. The summed E-state index contributed by atoms with van der Waals surface area (Å²) < 4.78 is 7.96. The number of aryl methyl sites for hydroxylation is 1. The Morgan fingerprint density at radius 1 is 1.34 bits per heavy atom. The van der Waals surface area contributed by atoms with Crippen LogP contribution >= 0.6 is 0 Å². The van der Waals surface area contributed by atoms with Crippen molar-refractivity contribution in [2.24, 2.45) is 7.05 Å². The van der Waals surface area contributed by atoms with Gasteiger partial charge in [-0.05, 0) is 38.3 Å². The van der Waals surface area contributed by atoms with Gasteiger partial charge in [0.25, 0.3) is 12.4 Å². The number of likely N-dealkylation sites (tertiary alicyclic amines) is 1. The Morgan fingerprint density at radius 3 is 2.66 bits per heavy atom. The highest BCUT2D eigenvalue weighted by atomic mass is 16.5. The van der Waals surface area contributed by atoms with Crippen molar-refractivity contribution in [3.05, 3.63) is 48.0 Å². The van der Waals surface area contributed by atoms with Crippen LogP contribution in [-0.2, 0) is 23.1 Å². The maximum Gasteiger partial charge on any atom is 0.290 e. The minimum absolute atomic E-state index is 0.217. The molecule has 3 N–H and O–H groups in total. The van der Waals surface area contributed by atoms with E-state index in [2.05, 4.69) is 20.3 Å². The molecule has 2 atom stereocenters. The van der Waals surface area contributed by atoms with E-state index in [0.717, 1.165) is 32.5 Å². The topological polar surface area (TPSA) is 130 Å². The molecule has 10 nitrogen and oxygen atoms in total. The molecule has 174 valence electrons. The summed E-state index contributed by atoms with van der Waals surface area (Å²) in [5.74, 6) is -0.217. The molecule has 1 spiro atoms. The molecular formula is C22H31N5O5. The standard InChI is InChI=1S/C21H29N5O3.CH2O2/c1-20(24-18(27)17-4-3-8-22-13-17)7-11-29-21(19(20)28)5-9-26(10-6-21)15-16-12-23-25(2)14-16;2-1-3/h3-4,8,12-14,19,28H,5-7,9-11,15H2,1-2H3,(H,24,27);1H,(H,2,3)/t19-,20+;/m1./s1. The molecule has 1 amide bonds. The molecule has 0 saturated carbocycles. The van der Waals surface area contributed by atoms with Crippen molar-refractivity contribution in [1.29, 1.82) is 0 Å². The van der Waals surface area contributed by atoms with Crippen LogP contribution in [0.2, 0.25) is 0 Å². The first-order valence-electron chi connectivity index (χ1n) is 10.6. The molecule has 4 heterocycles. The number of aromatic nitrogens is 3. The van der Waals surface area contributed by atoms with Gasteiger partial charge in [-0.3, -0.25) is 24.2 Å². The highest BCUT2D eigenvalue weighted by molar-refractivity contribution is 5.94. The number of rotatable bonds is 4. The van der Waals surface area contributed by atoms with E-state index in [0.29, 0.717) is 18.6 Å². The van der Waals surface area contributed by atoms with Crippen molar-refractivity contribution in [2.45, 2.75) is 50.0 Å². The number of nitrogens with zero attached hydrogens (tertiary/aromatic N) is 4. The first-order chi connectivity index (χ1) is 15.3. The highest BCUT2D eigenvalue weighted by Gasteiger charge is 2.53. The number of hydrogen-bond acceptors (Lipinski definition) is 7. The van der Waals surface area contributed by atoms with E-state index >= 15 is 0 Å². The van der Waals surface area contributed by atoms with Crippen LogP contribution in [0.1, 0.15) is 42.1 Å². The molecule has 2 aromatic heterocycles. The lowest BCUT2D eigenvalue weighted by Crippen LogP contribution is -2.69. The Kier molecular flexibility index (Phi) is 7.60. The Morgan fingerprint density at radius 2 is 2.06 bits per heavy atom. The summed E-state index contributed by atoms with van der Waals surface area (Å²) >= 11 is 0. The summed E-state index contributed by atoms with van der Waals surface area (Å²) in [5, 5.41) is 25.5. The summed E-state index contributed by atoms with van der Waals surface area (Å²) in [5.41, 5.74) is 0.312. The molecule has 0 aromatic carbocycles. The van der Waals surface area contributed by atoms with Crippen molar-refractivity contribution in [3.63, 3.8) is 0 Å². The van der Waals surface area contributed by atoms with Gasteiger partial charge in [-0.2, -0.15) is 5.10 Å². The lowest BCUT2D eigenvalue weighted by atomic mass is 9.73. The lowest BCUT2D eigenvalue weighted by molar-refractivity contribution is -0.205. The summed E-state index contributed by atoms with van der Waals surface area (Å²) in [6.45, 7) is 4.69. The van der Waals surface area contributed by atoms with Gasteiger partial charge in [0, 0.05) is 57.4 Å². The minimum atomic E-state index is -0.773. The SMILES string of the molecule is Cn1cc(CN2CCC3(CC2)OCC[C@](C)(NC(=O)c2cccnc2)[C@H]3O)cn1.O=CO. The van der Waals surface area contributed by atoms with Gasteiger partial charge in [0.1, 0.15) is 6.10 Å². The predicted octanol–water partition coefficient (Wildman–Crippen LogP) is 0.820. The van der Waals surface area contributed by atoms with E-state index < -0.39 is 17.2 Å². The Hall–Kier alpha value is -2.82. The third-order valence-electron chi connectivity index (χ3n) is 6.30. The van der Waals surface area contributed by atoms with E-state index in [1.165, 1.54) is 11.8 Å². The summed E-state index contributed by atoms with van der Waals surface area (Å²) in [6, 6.07) is 3.46. The summed E-state index contributed by atoms with van der Waals surface area (Å²) in [4.78, 5) is 27.4. The van der Waals surface area contributed by atoms with Gasteiger partial charge in [0.05, 0.1) is 22.9 Å². The van der Waals surface area contributed by atoms with Crippen molar-refractivity contribution >= 4 is 12.4 Å². The molecule has 4 rings (SSSR count). The van der Waals surface area contributed by atoms with Crippen molar-refractivity contribution in [3.8, 4) is 0 Å². The number of carboxylic acid groups (broad SMARTS) is 1. The van der Waals surface area contributed by atoms with Gasteiger partial charge < -0.3 is 20.3 Å². The third-order valence-corrected chi connectivity index (χ3v) is 6.30. The molecule has 0 unspecified atom stereocenters. The van der Waals surface area contributed by atoms with Crippen LogP contribution in [-0.4, -0.2) is 79.2 Å². The summed E-state index contributed by atoms with van der Waals surface area (Å²) in [7, 11) is 1.92. The number of nitrogens with one attached hydrogen (secondary N) is 1. The predicted molar refractivity (Wildman–Crippen MR) is 116 cm³/mol. The molecular weight excluding hydrogens is 414 g/mol. The van der Waals surface area contributed by atoms with Crippen LogP contribution in [0.3, 0.4) is 0 Å². The van der Waals surface area contributed by atoms with E-state index in [1.54, 1.807) is 18.3 Å². The van der Waals surface area contributed by atoms with Crippen LogP contribution in [0.15, 0.2) is 36.9 Å². The molecule has 2 aliphatic rings. The maximum absolute atomic E-state index is 12.7. The molecule has 10 heteroatoms. The molecule has 2 saturated heterocycles. The second-order valence-electron chi connectivity index (χ2n) is 8.58. The Balaban J connectivity index is 0.000000913. The normalized spacial score (nSPS) is 24.9. The average molecular weight is 446 g/mol. The number of piperidine rings is 1. The van der Waals surface area contributed by atoms with Crippen LogP contribution < -0.4 is 5.32 Å². The zero-order valence-electron chi connectivity index (χ0n) is 18.5. The van der Waals surface area contributed by atoms with Gasteiger partial charge in [0.15, 0.2) is 0 Å². The first kappa shape index (κ1) is 23.8. The summed E-state index contributed by atoms with van der Waals surface area (Å²) in [6.07, 6.45) is 8.35. The van der Waals surface area contributed by atoms with E-state index in [9.17, 15) is 9.90 Å². The molecule has 2 fully saturated rings. The van der Waals surface area contributed by atoms with Gasteiger partial charge in [-0.15, -0.1) is 0 Å². The van der Waals surface area contributed by atoms with Crippen LogP contribution in [0, 0.1) is 0 Å². The zero-order valence-corrected chi connectivity index (χ0v) is 18.5. The maximum atomic E-state index is 12.7. The van der Waals surface area contributed by atoms with Crippen LogP contribution in [0.5, 0.6) is 0 Å². The quantitative estimate of drug-likeness (QED) is 0.590. The number of pyridine rings is 1. The highest BCUT2D eigenvalue weighted by Crippen LogP contribution is 2.40. The number of carbonyl (C=O) groups excluding carboxylic acids is 1. The number of carbonyl (C=O) groups is 2. The molecule has 32 heavy (non-hydrogen) atoms. The number of amides is 1. The Bertz CT molecular complexity index is 897. The Labute approximate surface area is 187 Å². The van der Waals surface area contributed by atoms with Gasteiger partial charge in [0.2, 0.25) is 0 Å². The molecule has 2 aromatic rings. The molecule has 0 radical (unpaired) electrons. The van der Waals surface area contributed by atoms with Crippen LogP contribution in [0.4, 0.5) is 0 Å². The van der Waals surface area contributed by atoms with Gasteiger partial charge in [-0.1, -0.05) is 0 Å². The number of aliphatic hydroxyl groups is 1. The monoisotopic (exact) mass is 445 g/mol. The van der Waals surface area contributed by atoms with Gasteiger partial charge >= 0.3 is 0 Å². The first-order valence-corrected chi connectivity index (χ1v) is 10.6. The van der Waals surface area contributed by atoms with Crippen LogP contribution in [0.25, 0.3) is 0 Å². The fourth-order valence-electron chi connectivity index (χ4n) is 4.54. The molecule has 0 aliphatic carbocycles. The van der Waals surface area contributed by atoms with E-state index in [4.69, 9.17) is 14.6 Å². The second-order valence-corrected chi connectivity index (χ2v) is 8.58. The van der Waals surface area contributed by atoms with Gasteiger partial charge in [-0.25, -0.2) is 0 Å². The molecule has 2 aliphatic heterocycles. The van der Waals surface area contributed by atoms with E-state index in [-0.39, 0.29) is 12.4 Å². The van der Waals surface area contributed by atoms with Crippen molar-refractivity contribution in [1.82, 2.24) is 25.0 Å². The largest absolute Gasteiger partial charge is 0.483 e. The number of aliphatic hydroxyl groups excluding tert-OH is 1. The smallest absolute Gasteiger partial charge is 0.290 e. The zero-order chi connectivity index (χ0) is 23.2. The minimum Gasteiger partial charge on any atom is -0.483 e. The third kappa shape index (κ3) is 5.32. The second kappa shape index (κ2) is 10.2. The lowest BCUT2D eigenvalue weighted by Gasteiger charge is -2.53. The fourth-order valence-corrected chi connectivity index (χ4v) is 4.54. The van der Waals surface area contributed by atoms with E-state index in [1.807, 2.05) is 31.0 Å². The number of ether oxygens (including phenoxy) is 1. The fraction of sp³-hybridized carbons (Fsp3) is 0.545. The van der Waals surface area contributed by atoms with Crippen molar-refractivity contribution < 1.29 is 24.5 Å². The van der Waals surface area contributed by atoms with Crippen molar-refractivity contribution in [2.75, 3.05) is 19.7 Å².